The largest absolute Gasteiger partial charge is 0.455 e. The first-order valence-corrected chi connectivity index (χ1v) is 5.50. The fourth-order valence-electron chi connectivity index (χ4n) is 1.45. The van der Waals surface area contributed by atoms with Crippen LogP contribution in [0.3, 0.4) is 0 Å². The molecule has 1 aromatic heterocycles. The number of aromatic nitrogens is 2. The average Bonchev–Trinajstić information content (AvgIpc) is 2.92. The van der Waals surface area contributed by atoms with E-state index in [1.165, 1.54) is 11.9 Å². The maximum Gasteiger partial charge on any atom is 0.455 e. The number of halogens is 3. The van der Waals surface area contributed by atoms with Crippen LogP contribution in [0, 0.1) is 5.92 Å². The van der Waals surface area contributed by atoms with Crippen molar-refractivity contribution in [3.63, 3.8) is 0 Å². The van der Waals surface area contributed by atoms with Gasteiger partial charge in [0.05, 0.1) is 6.54 Å². The molecule has 8 heteroatoms. The molecule has 1 aliphatic carbocycles. The summed E-state index contributed by atoms with van der Waals surface area (Å²) in [5.74, 6) is -1.23. The van der Waals surface area contributed by atoms with Crippen LogP contribution in [0.5, 0.6) is 0 Å². The molecule has 0 aliphatic heterocycles. The van der Waals surface area contributed by atoms with Gasteiger partial charge >= 0.3 is 6.18 Å². The number of hydrogen-bond donors (Lipinski definition) is 0. The van der Waals surface area contributed by atoms with E-state index in [-0.39, 0.29) is 18.3 Å². The highest BCUT2D eigenvalue weighted by Crippen LogP contribution is 2.33. The van der Waals surface area contributed by atoms with Crippen LogP contribution < -0.4 is 0 Å². The minimum Gasteiger partial charge on any atom is -0.337 e. The average molecular weight is 263 g/mol. The molecule has 5 nitrogen and oxygen atoms in total. The molecule has 100 valence electrons. The predicted octanol–water partition coefficient (Wildman–Crippen LogP) is 1.85. The molecule has 1 aliphatic rings. The van der Waals surface area contributed by atoms with Gasteiger partial charge in [-0.05, 0) is 18.8 Å². The van der Waals surface area contributed by atoms with Crippen molar-refractivity contribution in [1.82, 2.24) is 15.0 Å². The first-order chi connectivity index (χ1) is 8.36. The fourth-order valence-corrected chi connectivity index (χ4v) is 1.45. The van der Waals surface area contributed by atoms with Gasteiger partial charge in [-0.25, -0.2) is 0 Å². The van der Waals surface area contributed by atoms with Crippen LogP contribution in [0.2, 0.25) is 0 Å². The predicted molar refractivity (Wildman–Crippen MR) is 53.1 cm³/mol. The molecule has 1 fully saturated rings. The molecule has 1 heterocycles. The number of hydrogen-bond acceptors (Lipinski definition) is 4. The first-order valence-electron chi connectivity index (χ1n) is 5.50. The molecule has 18 heavy (non-hydrogen) atoms. The van der Waals surface area contributed by atoms with E-state index in [2.05, 4.69) is 14.7 Å². The van der Waals surface area contributed by atoms with Crippen LogP contribution in [0.15, 0.2) is 4.52 Å². The maximum absolute atomic E-state index is 12.2. The zero-order chi connectivity index (χ0) is 13.3. The number of nitrogens with zero attached hydrogens (tertiary/aromatic N) is 3. The SMILES string of the molecule is CN(Cc1nc(C(F)(F)F)no1)C(=O)CC1CC1. The van der Waals surface area contributed by atoms with Gasteiger partial charge in [0.25, 0.3) is 5.82 Å². The van der Waals surface area contributed by atoms with Crippen LogP contribution in [-0.4, -0.2) is 28.0 Å². The highest BCUT2D eigenvalue weighted by atomic mass is 19.4. The second kappa shape index (κ2) is 4.58. The molecule has 1 saturated carbocycles. The number of alkyl halides is 3. The summed E-state index contributed by atoms with van der Waals surface area (Å²) < 4.78 is 41.1. The zero-order valence-electron chi connectivity index (χ0n) is 9.70. The third-order valence-corrected chi connectivity index (χ3v) is 2.68. The Morgan fingerprint density at radius 3 is 2.67 bits per heavy atom. The van der Waals surface area contributed by atoms with Crippen molar-refractivity contribution < 1.29 is 22.5 Å². The van der Waals surface area contributed by atoms with E-state index in [0.29, 0.717) is 12.3 Å². The number of amides is 1. The topological polar surface area (TPSA) is 59.2 Å². The minimum atomic E-state index is -4.63. The zero-order valence-corrected chi connectivity index (χ0v) is 9.70. The summed E-state index contributed by atoms with van der Waals surface area (Å²) in [6.07, 6.45) is -2.12. The molecule has 0 aromatic carbocycles. The molecule has 0 bridgehead atoms. The van der Waals surface area contributed by atoms with E-state index in [1.807, 2.05) is 0 Å². The van der Waals surface area contributed by atoms with Crippen LogP contribution in [0.25, 0.3) is 0 Å². The molecule has 0 atom stereocenters. The number of carbonyl (C=O) groups excluding carboxylic acids is 1. The Labute approximate surface area is 101 Å². The van der Waals surface area contributed by atoms with Crippen molar-refractivity contribution >= 4 is 5.91 Å². The number of rotatable bonds is 4. The van der Waals surface area contributed by atoms with Gasteiger partial charge in [-0.2, -0.15) is 18.2 Å². The standard InChI is InChI=1S/C10H12F3N3O2/c1-16(8(17)4-6-2-3-6)5-7-14-9(15-18-7)10(11,12)13/h6H,2-5H2,1H3. The third-order valence-electron chi connectivity index (χ3n) is 2.68. The van der Waals surface area contributed by atoms with Gasteiger partial charge in [-0.1, -0.05) is 5.16 Å². The van der Waals surface area contributed by atoms with E-state index in [9.17, 15) is 18.0 Å². The molecular formula is C10H12F3N3O2. The fraction of sp³-hybridized carbons (Fsp3) is 0.700. The van der Waals surface area contributed by atoms with Gasteiger partial charge in [0.1, 0.15) is 0 Å². The van der Waals surface area contributed by atoms with Crippen molar-refractivity contribution in [3.05, 3.63) is 11.7 Å². The van der Waals surface area contributed by atoms with Crippen LogP contribution in [0.4, 0.5) is 13.2 Å². The first kappa shape index (κ1) is 12.8. The van der Waals surface area contributed by atoms with E-state index in [4.69, 9.17) is 0 Å². The van der Waals surface area contributed by atoms with Crippen molar-refractivity contribution in [3.8, 4) is 0 Å². The second-order valence-electron chi connectivity index (χ2n) is 4.41. The van der Waals surface area contributed by atoms with Crippen LogP contribution in [0.1, 0.15) is 31.0 Å². The minimum absolute atomic E-state index is 0.103. The molecule has 0 N–H and O–H groups in total. The molecule has 0 radical (unpaired) electrons. The Morgan fingerprint density at radius 1 is 1.50 bits per heavy atom. The van der Waals surface area contributed by atoms with Gasteiger partial charge in [-0.3, -0.25) is 4.79 Å². The molecule has 0 spiro atoms. The Balaban J connectivity index is 1.91. The lowest BCUT2D eigenvalue weighted by Crippen LogP contribution is -2.26. The second-order valence-corrected chi connectivity index (χ2v) is 4.41. The summed E-state index contributed by atoms with van der Waals surface area (Å²) in [6.45, 7) is -0.103. The molecule has 0 unspecified atom stereocenters. The Hall–Kier alpha value is -1.60. The smallest absolute Gasteiger partial charge is 0.337 e. The van der Waals surface area contributed by atoms with E-state index in [1.54, 1.807) is 0 Å². The summed E-state index contributed by atoms with van der Waals surface area (Å²) >= 11 is 0. The van der Waals surface area contributed by atoms with Gasteiger partial charge in [0.2, 0.25) is 11.8 Å². The monoisotopic (exact) mass is 263 g/mol. The highest BCUT2D eigenvalue weighted by Gasteiger charge is 2.37. The quantitative estimate of drug-likeness (QED) is 0.831. The van der Waals surface area contributed by atoms with Crippen molar-refractivity contribution in [2.75, 3.05) is 7.05 Å². The van der Waals surface area contributed by atoms with Crippen molar-refractivity contribution in [1.29, 1.82) is 0 Å². The summed E-state index contributed by atoms with van der Waals surface area (Å²) in [6, 6.07) is 0. The summed E-state index contributed by atoms with van der Waals surface area (Å²) in [7, 11) is 1.50. The molecule has 0 saturated heterocycles. The Morgan fingerprint density at radius 2 is 2.17 bits per heavy atom. The Bertz CT molecular complexity index is 440. The third kappa shape index (κ3) is 3.21. The van der Waals surface area contributed by atoms with E-state index >= 15 is 0 Å². The van der Waals surface area contributed by atoms with Crippen LogP contribution >= 0.6 is 0 Å². The molecule has 2 rings (SSSR count). The van der Waals surface area contributed by atoms with Gasteiger partial charge < -0.3 is 9.42 Å². The van der Waals surface area contributed by atoms with Crippen LogP contribution in [-0.2, 0) is 17.5 Å². The van der Waals surface area contributed by atoms with Gasteiger partial charge in [0.15, 0.2) is 0 Å². The molecule has 1 amide bonds. The number of carbonyl (C=O) groups is 1. The van der Waals surface area contributed by atoms with E-state index in [0.717, 1.165) is 12.8 Å². The maximum atomic E-state index is 12.2. The molecular weight excluding hydrogens is 251 g/mol. The van der Waals surface area contributed by atoms with Gasteiger partial charge in [0, 0.05) is 13.5 Å². The van der Waals surface area contributed by atoms with Crippen molar-refractivity contribution in [2.45, 2.75) is 32.0 Å². The van der Waals surface area contributed by atoms with Gasteiger partial charge in [-0.15, -0.1) is 0 Å². The summed E-state index contributed by atoms with van der Waals surface area (Å²) in [5, 5.41) is 2.82. The normalized spacial score (nSPS) is 15.8. The van der Waals surface area contributed by atoms with E-state index < -0.39 is 12.0 Å². The highest BCUT2D eigenvalue weighted by molar-refractivity contribution is 5.76. The summed E-state index contributed by atoms with van der Waals surface area (Å²) in [5.41, 5.74) is 0. The summed E-state index contributed by atoms with van der Waals surface area (Å²) in [4.78, 5) is 16.1. The lowest BCUT2D eigenvalue weighted by atomic mass is 10.2. The lowest BCUT2D eigenvalue weighted by molar-refractivity contribution is -0.146. The molecule has 1 aromatic rings. The van der Waals surface area contributed by atoms with Crippen molar-refractivity contribution in [2.24, 2.45) is 5.92 Å². The lowest BCUT2D eigenvalue weighted by Gasteiger charge is -2.14. The Kier molecular flexibility index (Phi) is 3.27.